The van der Waals surface area contributed by atoms with Gasteiger partial charge in [0.1, 0.15) is 5.69 Å². The number of hydrogen-bond acceptors (Lipinski definition) is 4. The number of rotatable bonds is 4. The lowest BCUT2D eigenvalue weighted by Crippen LogP contribution is -2.30. The molecule has 5 nitrogen and oxygen atoms in total. The number of carbonyl (C=O) groups excluding carboxylic acids is 2. The quantitative estimate of drug-likeness (QED) is 0.805. The van der Waals surface area contributed by atoms with Crippen molar-refractivity contribution in [2.24, 2.45) is 0 Å². The predicted octanol–water partition coefficient (Wildman–Crippen LogP) is 3.35. The van der Waals surface area contributed by atoms with Gasteiger partial charge in [-0.25, -0.2) is 4.79 Å². The number of pyridine rings is 1. The molecule has 0 saturated heterocycles. The first kappa shape index (κ1) is 17.0. The highest BCUT2D eigenvalue weighted by molar-refractivity contribution is 6.30. The molecule has 23 heavy (non-hydrogen) atoms. The number of methoxy groups -OCH3 is 1. The van der Waals surface area contributed by atoms with Crippen molar-refractivity contribution < 1.29 is 14.3 Å². The molecule has 2 rings (SSSR count). The maximum atomic E-state index is 12.5. The van der Waals surface area contributed by atoms with Gasteiger partial charge in [-0.1, -0.05) is 23.7 Å². The lowest BCUT2D eigenvalue weighted by atomic mass is 10.1. The fourth-order valence-electron chi connectivity index (χ4n) is 2.11. The van der Waals surface area contributed by atoms with Crippen LogP contribution < -0.4 is 0 Å². The lowest BCUT2D eigenvalue weighted by Gasteiger charge is -2.25. The van der Waals surface area contributed by atoms with Crippen LogP contribution in [0.1, 0.15) is 39.4 Å². The van der Waals surface area contributed by atoms with E-state index in [9.17, 15) is 9.59 Å². The zero-order chi connectivity index (χ0) is 17.0. The third kappa shape index (κ3) is 3.87. The van der Waals surface area contributed by atoms with E-state index in [2.05, 4.69) is 9.72 Å². The van der Waals surface area contributed by atoms with E-state index in [-0.39, 0.29) is 17.6 Å². The second-order valence-electron chi connectivity index (χ2n) is 5.07. The van der Waals surface area contributed by atoms with Gasteiger partial charge in [-0.2, -0.15) is 0 Å². The highest BCUT2D eigenvalue weighted by atomic mass is 35.5. The Balaban J connectivity index is 2.17. The van der Waals surface area contributed by atoms with Crippen molar-refractivity contribution in [3.8, 4) is 0 Å². The first-order valence-corrected chi connectivity index (χ1v) is 7.39. The number of ether oxygens (including phenoxy) is 1. The zero-order valence-electron chi connectivity index (χ0n) is 13.1. The molecule has 0 fully saturated rings. The van der Waals surface area contributed by atoms with Crippen molar-refractivity contribution in [1.82, 2.24) is 9.88 Å². The topological polar surface area (TPSA) is 59.5 Å². The third-order valence-electron chi connectivity index (χ3n) is 3.64. The molecule has 0 aliphatic rings. The van der Waals surface area contributed by atoms with Gasteiger partial charge in [-0.3, -0.25) is 9.78 Å². The summed E-state index contributed by atoms with van der Waals surface area (Å²) in [5.41, 5.74) is 1.49. The highest BCUT2D eigenvalue weighted by Crippen LogP contribution is 2.23. The fraction of sp³-hybridized carbons (Fsp3) is 0.235. The number of esters is 1. The number of halogens is 1. The third-order valence-corrected chi connectivity index (χ3v) is 3.87. The molecule has 0 aliphatic carbocycles. The van der Waals surface area contributed by atoms with Crippen molar-refractivity contribution in [2.45, 2.75) is 13.0 Å². The summed E-state index contributed by atoms with van der Waals surface area (Å²) in [4.78, 5) is 29.5. The summed E-state index contributed by atoms with van der Waals surface area (Å²) in [6.07, 6.45) is 1.33. The van der Waals surface area contributed by atoms with Crippen LogP contribution in [0.15, 0.2) is 42.6 Å². The predicted molar refractivity (Wildman–Crippen MR) is 87.5 cm³/mol. The second kappa shape index (κ2) is 7.24. The number of carbonyl (C=O) groups is 2. The van der Waals surface area contributed by atoms with Gasteiger partial charge >= 0.3 is 5.97 Å². The Bertz CT molecular complexity index is 716. The summed E-state index contributed by atoms with van der Waals surface area (Å²) >= 11 is 5.99. The van der Waals surface area contributed by atoms with Crippen molar-refractivity contribution in [3.63, 3.8) is 0 Å². The van der Waals surface area contributed by atoms with E-state index >= 15 is 0 Å². The minimum atomic E-state index is -0.489. The van der Waals surface area contributed by atoms with Crippen LogP contribution >= 0.6 is 11.6 Å². The summed E-state index contributed by atoms with van der Waals surface area (Å²) in [6, 6.07) is 10.2. The summed E-state index contributed by atoms with van der Waals surface area (Å²) in [6.45, 7) is 1.91. The average Bonchev–Trinajstić information content (AvgIpc) is 2.59. The van der Waals surface area contributed by atoms with Crippen molar-refractivity contribution in [1.29, 1.82) is 0 Å². The summed E-state index contributed by atoms with van der Waals surface area (Å²) in [5.74, 6) is -0.731. The Morgan fingerprint density at radius 1 is 1.26 bits per heavy atom. The first-order valence-electron chi connectivity index (χ1n) is 7.01. The minimum Gasteiger partial charge on any atom is -0.465 e. The molecule has 0 aliphatic heterocycles. The summed E-state index contributed by atoms with van der Waals surface area (Å²) < 4.78 is 4.60. The molecule has 0 radical (unpaired) electrons. The number of amides is 1. The smallest absolute Gasteiger partial charge is 0.339 e. The Kier molecular flexibility index (Phi) is 5.34. The van der Waals surface area contributed by atoms with Crippen LogP contribution in [-0.4, -0.2) is 35.9 Å². The van der Waals surface area contributed by atoms with Gasteiger partial charge in [0.25, 0.3) is 5.91 Å². The van der Waals surface area contributed by atoms with Gasteiger partial charge in [-0.15, -0.1) is 0 Å². The summed E-state index contributed by atoms with van der Waals surface area (Å²) in [5, 5.41) is 0.621. The zero-order valence-corrected chi connectivity index (χ0v) is 13.9. The van der Waals surface area contributed by atoms with E-state index in [0.717, 1.165) is 5.56 Å². The molecule has 1 aromatic carbocycles. The van der Waals surface area contributed by atoms with Gasteiger partial charge in [0.05, 0.1) is 18.7 Å². The van der Waals surface area contributed by atoms with Crippen LogP contribution in [-0.2, 0) is 4.74 Å². The standard InChI is InChI=1S/C17H17ClN2O3/c1-11(12-5-4-6-14(18)9-12)20(2)16(21)15-8-7-13(10-19-15)17(22)23-3/h4-11H,1-3H3. The molecule has 6 heteroatoms. The molecule has 0 saturated carbocycles. The van der Waals surface area contributed by atoms with Crippen LogP contribution in [0.4, 0.5) is 0 Å². The molecular formula is C17H17ClN2O3. The Labute approximate surface area is 139 Å². The van der Waals surface area contributed by atoms with E-state index in [1.165, 1.54) is 25.4 Å². The monoisotopic (exact) mass is 332 g/mol. The maximum absolute atomic E-state index is 12.5. The lowest BCUT2D eigenvalue weighted by molar-refractivity contribution is 0.0598. The van der Waals surface area contributed by atoms with Crippen LogP contribution in [0.3, 0.4) is 0 Å². The van der Waals surface area contributed by atoms with Gasteiger partial charge in [0.2, 0.25) is 0 Å². The molecule has 120 valence electrons. The SMILES string of the molecule is COC(=O)c1ccc(C(=O)N(C)C(C)c2cccc(Cl)c2)nc1. The van der Waals surface area contributed by atoms with Crippen LogP contribution in [0, 0.1) is 0 Å². The molecule has 2 aromatic rings. The van der Waals surface area contributed by atoms with Gasteiger partial charge in [-0.05, 0) is 36.8 Å². The van der Waals surface area contributed by atoms with E-state index in [1.54, 1.807) is 18.0 Å². The summed E-state index contributed by atoms with van der Waals surface area (Å²) in [7, 11) is 2.99. The van der Waals surface area contributed by atoms with Crippen LogP contribution in [0.2, 0.25) is 5.02 Å². The molecule has 0 spiro atoms. The Morgan fingerprint density at radius 2 is 2.00 bits per heavy atom. The molecule has 1 atom stereocenters. The van der Waals surface area contributed by atoms with Gasteiger partial charge in [0, 0.05) is 18.3 Å². The van der Waals surface area contributed by atoms with Gasteiger partial charge < -0.3 is 9.64 Å². The van der Waals surface area contributed by atoms with E-state index in [0.29, 0.717) is 10.6 Å². The number of benzene rings is 1. The molecule has 1 heterocycles. The van der Waals surface area contributed by atoms with Crippen molar-refractivity contribution >= 4 is 23.5 Å². The Hall–Kier alpha value is -2.40. The van der Waals surface area contributed by atoms with E-state index < -0.39 is 5.97 Å². The normalized spacial score (nSPS) is 11.7. The minimum absolute atomic E-state index is 0.164. The average molecular weight is 333 g/mol. The van der Waals surface area contributed by atoms with Gasteiger partial charge in [0.15, 0.2) is 0 Å². The molecule has 0 N–H and O–H groups in total. The number of hydrogen-bond donors (Lipinski definition) is 0. The Morgan fingerprint density at radius 3 is 2.57 bits per heavy atom. The first-order chi connectivity index (χ1) is 10.9. The number of nitrogens with zero attached hydrogens (tertiary/aromatic N) is 2. The molecule has 1 unspecified atom stereocenters. The van der Waals surface area contributed by atoms with Crippen molar-refractivity contribution in [2.75, 3.05) is 14.2 Å². The number of aromatic nitrogens is 1. The highest BCUT2D eigenvalue weighted by Gasteiger charge is 2.20. The largest absolute Gasteiger partial charge is 0.465 e. The van der Waals surface area contributed by atoms with E-state index in [1.807, 2.05) is 25.1 Å². The van der Waals surface area contributed by atoms with E-state index in [4.69, 9.17) is 11.6 Å². The van der Waals surface area contributed by atoms with Crippen LogP contribution in [0.5, 0.6) is 0 Å². The maximum Gasteiger partial charge on any atom is 0.339 e. The molecule has 1 aromatic heterocycles. The molecular weight excluding hydrogens is 316 g/mol. The molecule has 0 bridgehead atoms. The van der Waals surface area contributed by atoms with Crippen molar-refractivity contribution in [3.05, 3.63) is 64.4 Å². The van der Waals surface area contributed by atoms with Crippen LogP contribution in [0.25, 0.3) is 0 Å². The fourth-order valence-corrected chi connectivity index (χ4v) is 2.30. The second-order valence-corrected chi connectivity index (χ2v) is 5.51. The molecule has 1 amide bonds.